The average Bonchev–Trinajstić information content (AvgIpc) is 3.24. The predicted molar refractivity (Wildman–Crippen MR) is 116 cm³/mol. The first-order chi connectivity index (χ1) is 14.9. The third kappa shape index (κ3) is 5.57. The number of amides is 1. The van der Waals surface area contributed by atoms with Crippen LogP contribution in [0.5, 0.6) is 0 Å². The van der Waals surface area contributed by atoms with E-state index in [-0.39, 0.29) is 22.4 Å². The van der Waals surface area contributed by atoms with Crippen LogP contribution in [0.3, 0.4) is 0 Å². The summed E-state index contributed by atoms with van der Waals surface area (Å²) in [6.07, 6.45) is 0. The highest BCUT2D eigenvalue weighted by molar-refractivity contribution is 7.99. The van der Waals surface area contributed by atoms with Gasteiger partial charge in [0.1, 0.15) is 5.82 Å². The summed E-state index contributed by atoms with van der Waals surface area (Å²) in [4.78, 5) is 24.4. The summed E-state index contributed by atoms with van der Waals surface area (Å²) in [7, 11) is 0. The highest BCUT2D eigenvalue weighted by Crippen LogP contribution is 2.26. The Morgan fingerprint density at radius 2 is 1.90 bits per heavy atom. The molecule has 0 aliphatic carbocycles. The zero-order valence-corrected chi connectivity index (χ0v) is 17.7. The second kappa shape index (κ2) is 10.0. The van der Waals surface area contributed by atoms with Gasteiger partial charge in [-0.05, 0) is 44.2 Å². The number of nitro benzene ring substituents is 1. The molecule has 11 heteroatoms. The van der Waals surface area contributed by atoms with E-state index >= 15 is 0 Å². The molecule has 162 valence electrons. The number of carbonyl (C=O) groups is 1. The van der Waals surface area contributed by atoms with E-state index in [4.69, 9.17) is 4.42 Å². The van der Waals surface area contributed by atoms with Crippen LogP contribution in [0.1, 0.15) is 13.8 Å². The molecule has 0 unspecified atom stereocenters. The Bertz CT molecular complexity index is 1070. The second-order valence-electron chi connectivity index (χ2n) is 6.35. The third-order valence-corrected chi connectivity index (χ3v) is 5.23. The van der Waals surface area contributed by atoms with Gasteiger partial charge in [0.05, 0.1) is 16.4 Å². The minimum absolute atomic E-state index is 0.134. The van der Waals surface area contributed by atoms with E-state index < -0.39 is 16.6 Å². The number of thioether (sulfide) groups is 1. The van der Waals surface area contributed by atoms with Crippen molar-refractivity contribution >= 4 is 34.7 Å². The van der Waals surface area contributed by atoms with Gasteiger partial charge < -0.3 is 14.6 Å². The van der Waals surface area contributed by atoms with Gasteiger partial charge in [0.2, 0.25) is 11.8 Å². The summed E-state index contributed by atoms with van der Waals surface area (Å²) in [5.74, 6) is -1.14. The second-order valence-corrected chi connectivity index (χ2v) is 7.28. The number of carbonyl (C=O) groups excluding carboxylic acids is 1. The molecule has 9 nitrogen and oxygen atoms in total. The van der Waals surface area contributed by atoms with E-state index in [0.29, 0.717) is 5.89 Å². The normalized spacial score (nSPS) is 10.7. The van der Waals surface area contributed by atoms with E-state index in [9.17, 15) is 19.3 Å². The van der Waals surface area contributed by atoms with Crippen LogP contribution in [0, 0.1) is 15.9 Å². The Balaban J connectivity index is 1.60. The van der Waals surface area contributed by atoms with Crippen molar-refractivity contribution in [2.24, 2.45) is 0 Å². The van der Waals surface area contributed by atoms with E-state index in [0.717, 1.165) is 54.3 Å². The number of nitrogens with one attached hydrogen (secondary N) is 1. The zero-order valence-electron chi connectivity index (χ0n) is 16.9. The van der Waals surface area contributed by atoms with Gasteiger partial charge in [-0.1, -0.05) is 11.8 Å². The van der Waals surface area contributed by atoms with Crippen LogP contribution >= 0.6 is 11.8 Å². The number of rotatable bonds is 9. The summed E-state index contributed by atoms with van der Waals surface area (Å²) < 4.78 is 19.4. The standard InChI is InChI=1S/C20H20FN5O4S/c1-3-25(4-2)14-7-5-13(6-8-14)19-23-24-20(30-19)31-12-18(27)22-17-11-15(26(28)29)9-10-16(17)21/h5-11H,3-4,12H2,1-2H3,(H,22,27). The number of nitro groups is 1. The molecule has 0 atom stereocenters. The first kappa shape index (κ1) is 22.2. The molecular weight excluding hydrogens is 425 g/mol. The molecule has 3 rings (SSSR count). The molecule has 0 saturated heterocycles. The number of hydrogen-bond acceptors (Lipinski definition) is 8. The largest absolute Gasteiger partial charge is 0.411 e. The van der Waals surface area contributed by atoms with Crippen molar-refractivity contribution in [3.05, 3.63) is 58.4 Å². The maximum Gasteiger partial charge on any atom is 0.277 e. The topological polar surface area (TPSA) is 114 Å². The summed E-state index contributed by atoms with van der Waals surface area (Å²) >= 11 is 0.978. The summed E-state index contributed by atoms with van der Waals surface area (Å²) in [6.45, 7) is 5.98. The Morgan fingerprint density at radius 1 is 1.19 bits per heavy atom. The van der Waals surface area contributed by atoms with Gasteiger partial charge in [0.25, 0.3) is 10.9 Å². The molecule has 0 spiro atoms. The van der Waals surface area contributed by atoms with Gasteiger partial charge in [-0.25, -0.2) is 4.39 Å². The molecule has 0 aliphatic rings. The highest BCUT2D eigenvalue weighted by atomic mass is 32.2. The fourth-order valence-corrected chi connectivity index (χ4v) is 3.39. The van der Waals surface area contributed by atoms with E-state index in [1.807, 2.05) is 24.3 Å². The lowest BCUT2D eigenvalue weighted by atomic mass is 10.2. The molecule has 0 fully saturated rings. The van der Waals surface area contributed by atoms with Gasteiger partial charge in [0, 0.05) is 36.5 Å². The fourth-order valence-electron chi connectivity index (χ4n) is 2.82. The molecule has 1 amide bonds. The quantitative estimate of drug-likeness (QED) is 0.293. The Morgan fingerprint density at radius 3 is 2.55 bits per heavy atom. The van der Waals surface area contributed by atoms with E-state index in [1.54, 1.807) is 0 Å². The van der Waals surface area contributed by atoms with E-state index in [1.165, 1.54) is 0 Å². The van der Waals surface area contributed by atoms with Crippen molar-refractivity contribution in [2.75, 3.05) is 29.1 Å². The molecule has 1 N–H and O–H groups in total. The highest BCUT2D eigenvalue weighted by Gasteiger charge is 2.15. The molecule has 0 radical (unpaired) electrons. The SMILES string of the molecule is CCN(CC)c1ccc(-c2nnc(SCC(=O)Nc3cc([N+](=O)[O-])ccc3F)o2)cc1. The van der Waals surface area contributed by atoms with E-state index in [2.05, 4.69) is 34.3 Å². The van der Waals surface area contributed by atoms with Crippen molar-refractivity contribution in [3.8, 4) is 11.5 Å². The first-order valence-electron chi connectivity index (χ1n) is 9.46. The minimum Gasteiger partial charge on any atom is -0.411 e. The first-order valence-corrected chi connectivity index (χ1v) is 10.4. The molecule has 0 bridgehead atoms. The minimum atomic E-state index is -0.766. The molecule has 0 saturated carbocycles. The van der Waals surface area contributed by atoms with Crippen molar-refractivity contribution < 1.29 is 18.5 Å². The van der Waals surface area contributed by atoms with Gasteiger partial charge in [-0.3, -0.25) is 14.9 Å². The van der Waals surface area contributed by atoms with Crippen LogP contribution in [-0.2, 0) is 4.79 Å². The number of hydrogen-bond donors (Lipinski definition) is 1. The maximum absolute atomic E-state index is 13.8. The van der Waals surface area contributed by atoms with Crippen LogP contribution in [0.4, 0.5) is 21.5 Å². The van der Waals surface area contributed by atoms with Crippen LogP contribution in [0.2, 0.25) is 0 Å². The van der Waals surface area contributed by atoms with Crippen molar-refractivity contribution in [1.82, 2.24) is 10.2 Å². The molecule has 31 heavy (non-hydrogen) atoms. The molecule has 2 aromatic carbocycles. The molecule has 3 aromatic rings. The smallest absolute Gasteiger partial charge is 0.277 e. The lowest BCUT2D eigenvalue weighted by Gasteiger charge is -2.20. The Labute approximate surface area is 181 Å². The maximum atomic E-state index is 13.8. The third-order valence-electron chi connectivity index (χ3n) is 4.41. The predicted octanol–water partition coefficient (Wildman–Crippen LogP) is 4.36. The van der Waals surface area contributed by atoms with Crippen LogP contribution < -0.4 is 10.2 Å². The lowest BCUT2D eigenvalue weighted by molar-refractivity contribution is -0.384. The number of non-ortho nitro benzene ring substituents is 1. The molecule has 0 aliphatic heterocycles. The Kier molecular flexibility index (Phi) is 7.19. The number of halogens is 1. The summed E-state index contributed by atoms with van der Waals surface area (Å²) in [5, 5.41) is 21.2. The number of nitrogens with zero attached hydrogens (tertiary/aromatic N) is 4. The monoisotopic (exact) mass is 445 g/mol. The zero-order chi connectivity index (χ0) is 22.4. The molecular formula is C20H20FN5O4S. The summed E-state index contributed by atoms with van der Waals surface area (Å²) in [5.41, 5.74) is 1.25. The average molecular weight is 445 g/mol. The molecule has 1 aromatic heterocycles. The summed E-state index contributed by atoms with van der Waals surface area (Å²) in [6, 6.07) is 10.6. The van der Waals surface area contributed by atoms with Gasteiger partial charge in [-0.15, -0.1) is 10.2 Å². The van der Waals surface area contributed by atoms with Crippen LogP contribution in [0.25, 0.3) is 11.5 Å². The van der Waals surface area contributed by atoms with Crippen molar-refractivity contribution in [3.63, 3.8) is 0 Å². The molecule has 1 heterocycles. The number of aromatic nitrogens is 2. The number of benzene rings is 2. The van der Waals surface area contributed by atoms with Gasteiger partial charge in [0.15, 0.2) is 0 Å². The van der Waals surface area contributed by atoms with Gasteiger partial charge >= 0.3 is 0 Å². The number of anilines is 2. The van der Waals surface area contributed by atoms with Crippen molar-refractivity contribution in [1.29, 1.82) is 0 Å². The Hall–Kier alpha value is -3.47. The van der Waals surface area contributed by atoms with Gasteiger partial charge in [-0.2, -0.15) is 0 Å². The van der Waals surface area contributed by atoms with Crippen molar-refractivity contribution in [2.45, 2.75) is 19.1 Å². The van der Waals surface area contributed by atoms with Crippen LogP contribution in [-0.4, -0.2) is 39.9 Å². The van der Waals surface area contributed by atoms with Crippen LogP contribution in [0.15, 0.2) is 52.1 Å². The lowest BCUT2D eigenvalue weighted by Crippen LogP contribution is -2.21. The fraction of sp³-hybridized carbons (Fsp3) is 0.250.